The third kappa shape index (κ3) is 4.96. The Hall–Kier alpha value is -1.22. The molecule has 0 aliphatic carbocycles. The van der Waals surface area contributed by atoms with Crippen LogP contribution < -0.4 is 10.1 Å². The number of benzene rings is 1. The Balaban J connectivity index is 2.43. The maximum absolute atomic E-state index is 11.6. The van der Waals surface area contributed by atoms with Gasteiger partial charge in [0.2, 0.25) is 5.91 Å². The van der Waals surface area contributed by atoms with E-state index in [0.29, 0.717) is 29.7 Å². The molecule has 0 bridgehead atoms. The number of methoxy groups -OCH3 is 1. The highest BCUT2D eigenvalue weighted by Crippen LogP contribution is 2.24. The molecule has 3 nitrogen and oxygen atoms in total. The van der Waals surface area contributed by atoms with E-state index in [4.69, 9.17) is 16.3 Å². The Morgan fingerprint density at radius 3 is 2.72 bits per heavy atom. The highest BCUT2D eigenvalue weighted by atomic mass is 35.5. The summed E-state index contributed by atoms with van der Waals surface area (Å²) in [6.45, 7) is 4.72. The molecule has 0 fully saturated rings. The SMILES string of the molecule is COc1ccc(CNC(=O)CCC(C)C)cc1Cl. The van der Waals surface area contributed by atoms with Gasteiger partial charge < -0.3 is 10.1 Å². The van der Waals surface area contributed by atoms with Crippen LogP contribution in [0.15, 0.2) is 18.2 Å². The van der Waals surface area contributed by atoms with Crippen LogP contribution in [0.4, 0.5) is 0 Å². The lowest BCUT2D eigenvalue weighted by molar-refractivity contribution is -0.121. The molecule has 0 spiro atoms. The van der Waals surface area contributed by atoms with Crippen molar-refractivity contribution in [2.24, 2.45) is 5.92 Å². The average Bonchev–Trinajstić information content (AvgIpc) is 2.34. The molecule has 1 aromatic rings. The van der Waals surface area contributed by atoms with E-state index < -0.39 is 0 Å². The lowest BCUT2D eigenvalue weighted by atomic mass is 10.1. The first kappa shape index (κ1) is 14.8. The lowest BCUT2D eigenvalue weighted by Crippen LogP contribution is -2.22. The van der Waals surface area contributed by atoms with E-state index in [2.05, 4.69) is 19.2 Å². The molecule has 0 aliphatic rings. The third-order valence-electron chi connectivity index (χ3n) is 2.65. The second kappa shape index (κ2) is 7.27. The molecule has 0 aromatic heterocycles. The van der Waals surface area contributed by atoms with Crippen molar-refractivity contribution in [1.29, 1.82) is 0 Å². The van der Waals surface area contributed by atoms with Gasteiger partial charge in [-0.1, -0.05) is 31.5 Å². The molecule has 1 N–H and O–H groups in total. The summed E-state index contributed by atoms with van der Waals surface area (Å²) >= 11 is 6.01. The largest absolute Gasteiger partial charge is 0.495 e. The first-order valence-corrected chi connectivity index (χ1v) is 6.50. The van der Waals surface area contributed by atoms with E-state index in [1.54, 1.807) is 13.2 Å². The second-order valence-corrected chi connectivity index (χ2v) is 5.09. The van der Waals surface area contributed by atoms with E-state index in [-0.39, 0.29) is 5.91 Å². The number of hydrogen-bond acceptors (Lipinski definition) is 2. The van der Waals surface area contributed by atoms with Crippen LogP contribution in [0.2, 0.25) is 5.02 Å². The summed E-state index contributed by atoms with van der Waals surface area (Å²) in [5, 5.41) is 3.44. The minimum absolute atomic E-state index is 0.0793. The Morgan fingerprint density at radius 1 is 1.44 bits per heavy atom. The van der Waals surface area contributed by atoms with E-state index in [1.807, 2.05) is 12.1 Å². The zero-order valence-electron chi connectivity index (χ0n) is 11.1. The second-order valence-electron chi connectivity index (χ2n) is 4.68. The topological polar surface area (TPSA) is 38.3 Å². The highest BCUT2D eigenvalue weighted by Gasteiger charge is 2.05. The molecule has 0 atom stereocenters. The van der Waals surface area contributed by atoms with Gasteiger partial charge in [0.1, 0.15) is 5.75 Å². The Kier molecular flexibility index (Phi) is 5.99. The predicted molar refractivity (Wildman–Crippen MR) is 73.9 cm³/mol. The van der Waals surface area contributed by atoms with Gasteiger partial charge >= 0.3 is 0 Å². The fourth-order valence-corrected chi connectivity index (χ4v) is 1.81. The van der Waals surface area contributed by atoms with Crippen LogP contribution in [-0.2, 0) is 11.3 Å². The molecule has 1 amide bonds. The quantitative estimate of drug-likeness (QED) is 0.860. The van der Waals surface area contributed by atoms with E-state index in [0.717, 1.165) is 12.0 Å². The Bertz CT molecular complexity index is 405. The molecular weight excluding hydrogens is 250 g/mol. The van der Waals surface area contributed by atoms with Gasteiger partial charge in [0.05, 0.1) is 12.1 Å². The van der Waals surface area contributed by atoms with Crippen molar-refractivity contribution < 1.29 is 9.53 Å². The monoisotopic (exact) mass is 269 g/mol. The lowest BCUT2D eigenvalue weighted by Gasteiger charge is -2.08. The van der Waals surface area contributed by atoms with Crippen LogP contribution >= 0.6 is 11.6 Å². The van der Waals surface area contributed by atoms with Gasteiger partial charge in [0, 0.05) is 13.0 Å². The number of ether oxygens (including phenoxy) is 1. The number of rotatable bonds is 6. The van der Waals surface area contributed by atoms with Crippen LogP contribution in [0.5, 0.6) is 5.75 Å². The van der Waals surface area contributed by atoms with Crippen molar-refractivity contribution in [3.8, 4) is 5.75 Å². The number of hydrogen-bond donors (Lipinski definition) is 1. The van der Waals surface area contributed by atoms with Crippen LogP contribution in [0.1, 0.15) is 32.3 Å². The number of amides is 1. The molecule has 100 valence electrons. The summed E-state index contributed by atoms with van der Waals surface area (Å²) in [5.74, 6) is 1.27. The summed E-state index contributed by atoms with van der Waals surface area (Å²) in [6.07, 6.45) is 1.48. The first-order valence-electron chi connectivity index (χ1n) is 6.12. The van der Waals surface area contributed by atoms with Crippen molar-refractivity contribution in [2.45, 2.75) is 33.2 Å². The number of halogens is 1. The zero-order valence-corrected chi connectivity index (χ0v) is 11.9. The minimum Gasteiger partial charge on any atom is -0.495 e. The normalized spacial score (nSPS) is 10.5. The molecule has 0 saturated heterocycles. The Morgan fingerprint density at radius 2 is 2.17 bits per heavy atom. The van der Waals surface area contributed by atoms with Gasteiger partial charge in [0.15, 0.2) is 0 Å². The van der Waals surface area contributed by atoms with Crippen LogP contribution in [-0.4, -0.2) is 13.0 Å². The smallest absolute Gasteiger partial charge is 0.220 e. The number of nitrogens with one attached hydrogen (secondary N) is 1. The summed E-state index contributed by atoms with van der Waals surface area (Å²) in [6, 6.07) is 5.51. The molecule has 1 rings (SSSR count). The number of carbonyl (C=O) groups is 1. The van der Waals surface area contributed by atoms with Crippen molar-refractivity contribution in [3.05, 3.63) is 28.8 Å². The molecule has 0 heterocycles. The molecule has 0 radical (unpaired) electrons. The molecule has 0 aliphatic heterocycles. The van der Waals surface area contributed by atoms with E-state index in [9.17, 15) is 4.79 Å². The van der Waals surface area contributed by atoms with Crippen LogP contribution in [0.25, 0.3) is 0 Å². The molecular formula is C14H20ClNO2. The summed E-state index contributed by atoms with van der Waals surface area (Å²) in [4.78, 5) is 11.6. The van der Waals surface area contributed by atoms with Crippen LogP contribution in [0.3, 0.4) is 0 Å². The Labute approximate surface area is 113 Å². The predicted octanol–water partition coefficient (Wildman–Crippen LogP) is 3.40. The molecule has 4 heteroatoms. The zero-order chi connectivity index (χ0) is 13.5. The van der Waals surface area contributed by atoms with Crippen molar-refractivity contribution in [2.75, 3.05) is 7.11 Å². The molecule has 0 unspecified atom stereocenters. The van der Waals surface area contributed by atoms with Gasteiger partial charge in [-0.25, -0.2) is 0 Å². The maximum atomic E-state index is 11.6. The van der Waals surface area contributed by atoms with Gasteiger partial charge in [-0.05, 0) is 30.0 Å². The standard InChI is InChI=1S/C14H20ClNO2/c1-10(2)4-7-14(17)16-9-11-5-6-13(18-3)12(15)8-11/h5-6,8,10H,4,7,9H2,1-3H3,(H,16,17). The van der Waals surface area contributed by atoms with Crippen molar-refractivity contribution >= 4 is 17.5 Å². The highest BCUT2D eigenvalue weighted by molar-refractivity contribution is 6.32. The molecule has 1 aromatic carbocycles. The van der Waals surface area contributed by atoms with Crippen LogP contribution in [0, 0.1) is 5.92 Å². The first-order chi connectivity index (χ1) is 8.52. The van der Waals surface area contributed by atoms with E-state index in [1.165, 1.54) is 0 Å². The van der Waals surface area contributed by atoms with Gasteiger partial charge in [-0.2, -0.15) is 0 Å². The van der Waals surface area contributed by atoms with Crippen molar-refractivity contribution in [1.82, 2.24) is 5.32 Å². The molecule has 0 saturated carbocycles. The molecule has 18 heavy (non-hydrogen) atoms. The fraction of sp³-hybridized carbons (Fsp3) is 0.500. The van der Waals surface area contributed by atoms with E-state index >= 15 is 0 Å². The summed E-state index contributed by atoms with van der Waals surface area (Å²) < 4.78 is 5.07. The summed E-state index contributed by atoms with van der Waals surface area (Å²) in [5.41, 5.74) is 0.971. The van der Waals surface area contributed by atoms with Crippen molar-refractivity contribution in [3.63, 3.8) is 0 Å². The maximum Gasteiger partial charge on any atom is 0.220 e. The van der Waals surface area contributed by atoms with Gasteiger partial charge in [-0.15, -0.1) is 0 Å². The minimum atomic E-state index is 0.0793. The average molecular weight is 270 g/mol. The fourth-order valence-electron chi connectivity index (χ4n) is 1.53. The number of carbonyl (C=O) groups excluding carboxylic acids is 1. The van der Waals surface area contributed by atoms with Gasteiger partial charge in [-0.3, -0.25) is 4.79 Å². The summed E-state index contributed by atoms with van der Waals surface area (Å²) in [7, 11) is 1.58. The van der Waals surface area contributed by atoms with Gasteiger partial charge in [0.25, 0.3) is 0 Å². The third-order valence-corrected chi connectivity index (χ3v) is 2.95.